The van der Waals surface area contributed by atoms with Gasteiger partial charge in [-0.25, -0.2) is 9.97 Å². The molecule has 3 heterocycles. The zero-order valence-corrected chi connectivity index (χ0v) is 15.9. The van der Waals surface area contributed by atoms with Crippen molar-refractivity contribution in [1.29, 1.82) is 10.5 Å². The van der Waals surface area contributed by atoms with E-state index in [2.05, 4.69) is 16.2 Å². The van der Waals surface area contributed by atoms with Crippen LogP contribution in [0.3, 0.4) is 0 Å². The van der Waals surface area contributed by atoms with E-state index in [4.69, 9.17) is 10.00 Å². The van der Waals surface area contributed by atoms with Crippen molar-refractivity contribution in [3.63, 3.8) is 0 Å². The number of rotatable bonds is 5. The second-order valence-electron chi connectivity index (χ2n) is 5.95. The van der Waals surface area contributed by atoms with Crippen LogP contribution in [0.25, 0.3) is 11.4 Å². The number of pyridine rings is 1. The molecule has 1 aliphatic heterocycles. The highest BCUT2D eigenvalue weighted by molar-refractivity contribution is 7.14. The molecule has 0 unspecified atom stereocenters. The van der Waals surface area contributed by atoms with Crippen LogP contribution in [0.5, 0.6) is 5.75 Å². The number of carbonyl (C=O) groups is 1. The maximum Gasteiger partial charge on any atom is 0.251 e. The molecule has 1 amide bonds. The quantitative estimate of drug-likeness (QED) is 0.731. The van der Waals surface area contributed by atoms with Gasteiger partial charge >= 0.3 is 0 Å². The fraction of sp³-hybridized carbons (Fsp3) is 0.389. The van der Waals surface area contributed by atoms with Crippen LogP contribution in [0.4, 0.5) is 5.13 Å². The number of nitriles is 2. The number of likely N-dealkylation sites (N-methyl/N-ethyl adjacent to an activating group) is 1. The number of amides is 1. The van der Waals surface area contributed by atoms with Crippen molar-refractivity contribution in [2.45, 2.75) is 25.8 Å². The van der Waals surface area contributed by atoms with E-state index in [1.165, 1.54) is 21.1 Å². The molecule has 1 fully saturated rings. The van der Waals surface area contributed by atoms with Crippen molar-refractivity contribution in [3.8, 4) is 29.4 Å². The first-order chi connectivity index (χ1) is 13.1. The van der Waals surface area contributed by atoms with E-state index in [1.807, 2.05) is 13.0 Å². The van der Waals surface area contributed by atoms with E-state index in [-0.39, 0.29) is 11.6 Å². The molecule has 0 aliphatic carbocycles. The summed E-state index contributed by atoms with van der Waals surface area (Å²) in [5.74, 6) is 0.289. The van der Waals surface area contributed by atoms with E-state index < -0.39 is 6.04 Å². The third kappa shape index (κ3) is 3.69. The molecule has 1 saturated heterocycles. The zero-order chi connectivity index (χ0) is 19.4. The van der Waals surface area contributed by atoms with Gasteiger partial charge in [-0.3, -0.25) is 14.6 Å². The number of aromatic nitrogens is 2. The van der Waals surface area contributed by atoms with Crippen LogP contribution in [0.15, 0.2) is 17.5 Å². The molecule has 8 nitrogen and oxygen atoms in total. The van der Waals surface area contributed by atoms with Crippen LogP contribution < -0.4 is 9.64 Å². The Hall–Kier alpha value is -3.17. The molecule has 1 atom stereocenters. The molecular formula is C18H18N6O2S. The molecule has 0 N–H and O–H groups in total. The van der Waals surface area contributed by atoms with Crippen molar-refractivity contribution in [3.05, 3.63) is 23.2 Å². The van der Waals surface area contributed by atoms with Crippen LogP contribution in [-0.4, -0.2) is 47.0 Å². The van der Waals surface area contributed by atoms with Gasteiger partial charge in [0, 0.05) is 19.0 Å². The maximum atomic E-state index is 12.7. The lowest BCUT2D eigenvalue weighted by Crippen LogP contribution is -2.42. The summed E-state index contributed by atoms with van der Waals surface area (Å²) >= 11 is 1.31. The molecule has 3 rings (SSSR count). The molecule has 0 aromatic carbocycles. The SMILES string of the molecule is CCOc1ccc(-c2csc(N(C)C(=O)[C@@H]3CCCN3C#N)n2)nc1C#N. The molecule has 2 aromatic heterocycles. The molecule has 0 spiro atoms. The third-order valence-corrected chi connectivity index (χ3v) is 5.22. The lowest BCUT2D eigenvalue weighted by atomic mass is 10.2. The summed E-state index contributed by atoms with van der Waals surface area (Å²) in [5, 5.41) is 20.7. The lowest BCUT2D eigenvalue weighted by molar-refractivity contribution is -0.121. The minimum atomic E-state index is -0.429. The highest BCUT2D eigenvalue weighted by Gasteiger charge is 2.33. The largest absolute Gasteiger partial charge is 0.491 e. The molecule has 9 heteroatoms. The van der Waals surface area contributed by atoms with Crippen molar-refractivity contribution >= 4 is 22.4 Å². The van der Waals surface area contributed by atoms with E-state index in [0.717, 1.165) is 6.42 Å². The Kier molecular flexibility index (Phi) is 5.53. The fourth-order valence-electron chi connectivity index (χ4n) is 2.94. The average molecular weight is 382 g/mol. The van der Waals surface area contributed by atoms with Crippen molar-refractivity contribution in [2.75, 3.05) is 25.1 Å². The Morgan fingerprint density at radius 2 is 2.22 bits per heavy atom. The number of ether oxygens (including phenoxy) is 1. The molecule has 1 aliphatic rings. The Bertz CT molecular complexity index is 929. The molecule has 0 bridgehead atoms. The first kappa shape index (κ1) is 18.6. The lowest BCUT2D eigenvalue weighted by Gasteiger charge is -2.22. The van der Waals surface area contributed by atoms with Gasteiger partial charge in [0.1, 0.15) is 17.8 Å². The maximum absolute atomic E-state index is 12.7. The number of carbonyl (C=O) groups excluding carboxylic acids is 1. The smallest absolute Gasteiger partial charge is 0.251 e. The average Bonchev–Trinajstić information content (AvgIpc) is 3.36. The molecule has 0 saturated carbocycles. The summed E-state index contributed by atoms with van der Waals surface area (Å²) < 4.78 is 5.38. The summed E-state index contributed by atoms with van der Waals surface area (Å²) in [6.45, 7) is 2.90. The van der Waals surface area contributed by atoms with Crippen LogP contribution >= 0.6 is 11.3 Å². The summed E-state index contributed by atoms with van der Waals surface area (Å²) in [6, 6.07) is 5.03. The van der Waals surface area contributed by atoms with Crippen LogP contribution in [-0.2, 0) is 4.79 Å². The Morgan fingerprint density at radius 3 is 2.93 bits per heavy atom. The first-order valence-electron chi connectivity index (χ1n) is 8.52. The standard InChI is InChI=1S/C18H18N6O2S/c1-3-26-16-7-6-12(21-13(16)9-19)14-10-27-18(22-14)23(2)17(25)15-5-4-8-24(15)11-20/h6-7,10,15H,3-5,8H2,1-2H3/t15-/m0/s1. The van der Waals surface area contributed by atoms with Gasteiger partial charge in [0.15, 0.2) is 22.8 Å². The van der Waals surface area contributed by atoms with Gasteiger partial charge in [0.2, 0.25) is 0 Å². The first-order valence-corrected chi connectivity index (χ1v) is 9.40. The van der Waals surface area contributed by atoms with E-state index in [1.54, 1.807) is 24.6 Å². The number of nitrogens with zero attached hydrogens (tertiary/aromatic N) is 6. The summed E-state index contributed by atoms with van der Waals surface area (Å²) in [7, 11) is 1.66. The fourth-order valence-corrected chi connectivity index (χ4v) is 3.73. The van der Waals surface area contributed by atoms with Gasteiger partial charge in [-0.2, -0.15) is 10.5 Å². The number of hydrogen-bond donors (Lipinski definition) is 0. The second-order valence-corrected chi connectivity index (χ2v) is 6.79. The van der Waals surface area contributed by atoms with Crippen molar-refractivity contribution in [2.24, 2.45) is 0 Å². The predicted molar refractivity (Wildman–Crippen MR) is 100.0 cm³/mol. The summed E-state index contributed by atoms with van der Waals surface area (Å²) in [6.07, 6.45) is 3.57. The van der Waals surface area contributed by atoms with E-state index >= 15 is 0 Å². The minimum absolute atomic E-state index is 0.146. The number of thiazole rings is 1. The monoisotopic (exact) mass is 382 g/mol. The molecule has 138 valence electrons. The summed E-state index contributed by atoms with van der Waals surface area (Å²) in [4.78, 5) is 24.5. The normalized spacial score (nSPS) is 15.9. The van der Waals surface area contributed by atoms with E-state index in [9.17, 15) is 10.1 Å². The highest BCUT2D eigenvalue weighted by Crippen LogP contribution is 2.29. The van der Waals surface area contributed by atoms with Crippen molar-refractivity contribution < 1.29 is 9.53 Å². The number of likely N-dealkylation sites (tertiary alicyclic amines) is 1. The number of anilines is 1. The molecular weight excluding hydrogens is 364 g/mol. The topological polar surface area (TPSA) is 106 Å². The van der Waals surface area contributed by atoms with E-state index in [0.29, 0.717) is 41.8 Å². The van der Waals surface area contributed by atoms with Gasteiger partial charge in [-0.15, -0.1) is 11.3 Å². The van der Waals surface area contributed by atoms with Gasteiger partial charge in [0.25, 0.3) is 5.91 Å². The Morgan fingerprint density at radius 1 is 1.41 bits per heavy atom. The van der Waals surface area contributed by atoms with Gasteiger partial charge < -0.3 is 4.74 Å². The van der Waals surface area contributed by atoms with Crippen LogP contribution in [0.2, 0.25) is 0 Å². The highest BCUT2D eigenvalue weighted by atomic mass is 32.1. The molecule has 27 heavy (non-hydrogen) atoms. The Labute approximate surface area is 161 Å². The van der Waals surface area contributed by atoms with Gasteiger partial charge in [0.05, 0.1) is 12.3 Å². The minimum Gasteiger partial charge on any atom is -0.491 e. The molecule has 0 radical (unpaired) electrons. The summed E-state index contributed by atoms with van der Waals surface area (Å²) in [5.41, 5.74) is 1.32. The third-order valence-electron chi connectivity index (χ3n) is 4.30. The Balaban J connectivity index is 1.81. The van der Waals surface area contributed by atoms with Crippen LogP contribution in [0.1, 0.15) is 25.5 Å². The van der Waals surface area contributed by atoms with Gasteiger partial charge in [-0.1, -0.05) is 0 Å². The van der Waals surface area contributed by atoms with Gasteiger partial charge in [-0.05, 0) is 31.9 Å². The van der Waals surface area contributed by atoms with Crippen LogP contribution in [0, 0.1) is 22.8 Å². The molecule has 2 aromatic rings. The number of hydrogen-bond acceptors (Lipinski definition) is 8. The zero-order valence-electron chi connectivity index (χ0n) is 15.0. The second kappa shape index (κ2) is 8.02. The van der Waals surface area contributed by atoms with Crippen molar-refractivity contribution in [1.82, 2.24) is 14.9 Å². The predicted octanol–water partition coefficient (Wildman–Crippen LogP) is 2.38.